The number of hydrogen-bond acceptors (Lipinski definition) is 1. The quantitative estimate of drug-likeness (QED) is 0.474. The molecule has 1 aliphatic rings. The second-order valence-corrected chi connectivity index (χ2v) is 4.79. The summed E-state index contributed by atoms with van der Waals surface area (Å²) in [5.41, 5.74) is 1.51. The van der Waals surface area contributed by atoms with Gasteiger partial charge >= 0.3 is 0 Å². The summed E-state index contributed by atoms with van der Waals surface area (Å²) in [6.45, 7) is 15.3. The maximum atomic E-state index is 4.75. The lowest BCUT2D eigenvalue weighted by atomic mass is 9.50. The third-order valence-corrected chi connectivity index (χ3v) is 4.20. The highest BCUT2D eigenvalue weighted by molar-refractivity contribution is 6.00. The number of allylic oxidation sites excluding steroid dienone is 3. The Labute approximate surface area is 106 Å². The van der Waals surface area contributed by atoms with E-state index < -0.39 is 0 Å². The molecule has 0 saturated heterocycles. The maximum Gasteiger partial charge on any atom is 0.0573 e. The number of aliphatic imine (C=N–C) groups is 1. The van der Waals surface area contributed by atoms with Gasteiger partial charge in [0.15, 0.2) is 0 Å². The van der Waals surface area contributed by atoms with Crippen LogP contribution in [0, 0.1) is 17.3 Å². The molecule has 0 aromatic heterocycles. The molecular weight excluding hydrogens is 206 g/mol. The zero-order valence-electron chi connectivity index (χ0n) is 11.4. The van der Waals surface area contributed by atoms with Crippen molar-refractivity contribution in [2.75, 3.05) is 6.54 Å². The molecule has 0 radical (unpaired) electrons. The van der Waals surface area contributed by atoms with Crippen molar-refractivity contribution in [1.82, 2.24) is 0 Å². The maximum absolute atomic E-state index is 4.75. The van der Waals surface area contributed by atoms with Crippen LogP contribution in [0.5, 0.6) is 0 Å². The van der Waals surface area contributed by atoms with Crippen molar-refractivity contribution >= 4 is 5.71 Å². The van der Waals surface area contributed by atoms with Gasteiger partial charge in [-0.05, 0) is 18.3 Å². The number of nitrogens with zero attached hydrogens (tertiary/aromatic N) is 1. The Hall–Kier alpha value is -1.11. The van der Waals surface area contributed by atoms with E-state index in [1.54, 1.807) is 6.08 Å². The van der Waals surface area contributed by atoms with Crippen LogP contribution in [0.4, 0.5) is 0 Å². The second kappa shape index (κ2) is 6.00. The third-order valence-electron chi connectivity index (χ3n) is 4.20. The monoisotopic (exact) mass is 231 g/mol. The minimum atomic E-state index is 0.163. The molecule has 94 valence electrons. The van der Waals surface area contributed by atoms with Crippen LogP contribution < -0.4 is 0 Å². The highest BCUT2D eigenvalue weighted by Crippen LogP contribution is 2.53. The molecule has 1 saturated carbocycles. The summed E-state index contributed by atoms with van der Waals surface area (Å²) in [5.74, 6) is 1.32. The Morgan fingerprint density at radius 2 is 2.06 bits per heavy atom. The first-order chi connectivity index (χ1) is 8.17. The van der Waals surface area contributed by atoms with E-state index in [0.29, 0.717) is 11.8 Å². The summed E-state index contributed by atoms with van der Waals surface area (Å²) < 4.78 is 0. The third kappa shape index (κ3) is 2.29. The molecule has 17 heavy (non-hydrogen) atoms. The highest BCUT2D eigenvalue weighted by atomic mass is 14.8. The largest absolute Gasteiger partial charge is 0.289 e. The molecule has 0 heterocycles. The Morgan fingerprint density at radius 1 is 1.35 bits per heavy atom. The molecule has 0 aliphatic heterocycles. The van der Waals surface area contributed by atoms with Gasteiger partial charge in [0, 0.05) is 11.1 Å². The van der Waals surface area contributed by atoms with Crippen LogP contribution in [0.2, 0.25) is 0 Å². The van der Waals surface area contributed by atoms with Crippen molar-refractivity contribution in [3.63, 3.8) is 0 Å². The van der Waals surface area contributed by atoms with E-state index in [0.717, 1.165) is 13.0 Å². The van der Waals surface area contributed by atoms with Gasteiger partial charge in [0.1, 0.15) is 0 Å². The molecule has 3 atom stereocenters. The zero-order chi connectivity index (χ0) is 12.9. The Kier molecular flexibility index (Phi) is 4.92. The van der Waals surface area contributed by atoms with Crippen molar-refractivity contribution in [3.8, 4) is 0 Å². The lowest BCUT2D eigenvalue weighted by Crippen LogP contribution is -2.55. The van der Waals surface area contributed by atoms with Gasteiger partial charge in [0.25, 0.3) is 0 Å². The average molecular weight is 231 g/mol. The summed E-state index contributed by atoms with van der Waals surface area (Å²) in [6, 6.07) is 0. The molecule has 0 bridgehead atoms. The summed E-state index contributed by atoms with van der Waals surface area (Å²) in [5, 5.41) is 0. The summed E-state index contributed by atoms with van der Waals surface area (Å²) >= 11 is 0. The predicted molar refractivity (Wildman–Crippen MR) is 77.5 cm³/mol. The van der Waals surface area contributed by atoms with Crippen LogP contribution in [-0.2, 0) is 0 Å². The average Bonchev–Trinajstić information content (AvgIpc) is 2.35. The molecule has 0 aromatic carbocycles. The van der Waals surface area contributed by atoms with E-state index in [4.69, 9.17) is 4.99 Å². The molecule has 0 aromatic rings. The van der Waals surface area contributed by atoms with Crippen LogP contribution in [0.25, 0.3) is 0 Å². The van der Waals surface area contributed by atoms with Gasteiger partial charge < -0.3 is 0 Å². The van der Waals surface area contributed by atoms with E-state index in [1.807, 2.05) is 6.08 Å². The fourth-order valence-electron chi connectivity index (χ4n) is 3.31. The molecular formula is C16H25N. The molecule has 0 spiro atoms. The first kappa shape index (κ1) is 14.0. The predicted octanol–water partition coefficient (Wildman–Crippen LogP) is 4.43. The van der Waals surface area contributed by atoms with E-state index >= 15 is 0 Å². The van der Waals surface area contributed by atoms with E-state index in [-0.39, 0.29) is 5.41 Å². The fourth-order valence-corrected chi connectivity index (χ4v) is 3.31. The first-order valence-corrected chi connectivity index (χ1v) is 6.63. The van der Waals surface area contributed by atoms with Gasteiger partial charge in [0.2, 0.25) is 0 Å². The van der Waals surface area contributed by atoms with Crippen molar-refractivity contribution in [1.29, 1.82) is 0 Å². The van der Waals surface area contributed by atoms with Crippen molar-refractivity contribution in [2.24, 2.45) is 22.2 Å². The minimum absolute atomic E-state index is 0.163. The molecule has 1 rings (SSSR count). The molecule has 1 heteroatoms. The lowest BCUT2D eigenvalue weighted by molar-refractivity contribution is 0.178. The molecule has 1 fully saturated rings. The summed E-state index contributed by atoms with van der Waals surface area (Å²) in [7, 11) is 0. The van der Waals surface area contributed by atoms with E-state index in [9.17, 15) is 0 Å². The van der Waals surface area contributed by atoms with Crippen molar-refractivity contribution < 1.29 is 0 Å². The lowest BCUT2D eigenvalue weighted by Gasteiger charge is -2.54. The Morgan fingerprint density at radius 3 is 2.53 bits per heavy atom. The first-order valence-electron chi connectivity index (χ1n) is 6.63. The van der Waals surface area contributed by atoms with Crippen LogP contribution in [0.15, 0.2) is 42.5 Å². The fraction of sp³-hybridized carbons (Fsp3) is 0.562. The van der Waals surface area contributed by atoms with Crippen LogP contribution >= 0.6 is 0 Å². The standard InChI is InChI=1S/C16H25N/c1-6-10-11-12-17-15-13(5)14(7-2)16(15,8-3)9-4/h6,8,10-11,13-14H,1,3,7,9,12H2,2,4-5H3. The zero-order valence-corrected chi connectivity index (χ0v) is 11.4. The Balaban J connectivity index is 2.86. The summed E-state index contributed by atoms with van der Waals surface area (Å²) in [4.78, 5) is 4.75. The number of rotatable bonds is 6. The van der Waals surface area contributed by atoms with E-state index in [2.05, 4.69) is 46.1 Å². The second-order valence-electron chi connectivity index (χ2n) is 4.79. The van der Waals surface area contributed by atoms with Crippen LogP contribution in [-0.4, -0.2) is 12.3 Å². The molecule has 1 aliphatic carbocycles. The van der Waals surface area contributed by atoms with Crippen molar-refractivity contribution in [2.45, 2.75) is 33.6 Å². The summed E-state index contributed by atoms with van der Waals surface area (Å²) in [6.07, 6.45) is 10.2. The van der Waals surface area contributed by atoms with Gasteiger partial charge in [0.05, 0.1) is 6.54 Å². The van der Waals surface area contributed by atoms with Gasteiger partial charge in [-0.1, -0.05) is 58.1 Å². The topological polar surface area (TPSA) is 12.4 Å². The van der Waals surface area contributed by atoms with Gasteiger partial charge in [-0.15, -0.1) is 6.58 Å². The molecule has 1 nitrogen and oxygen atoms in total. The SMILES string of the molecule is C=CC=CCN=C1C(C)C(CC)C1(C=C)CC. The minimum Gasteiger partial charge on any atom is -0.289 e. The van der Waals surface area contributed by atoms with Crippen LogP contribution in [0.3, 0.4) is 0 Å². The smallest absolute Gasteiger partial charge is 0.0573 e. The molecule has 0 amide bonds. The normalized spacial score (nSPS) is 34.9. The Bertz CT molecular complexity index is 337. The number of hydrogen-bond donors (Lipinski definition) is 0. The van der Waals surface area contributed by atoms with E-state index in [1.165, 1.54) is 12.1 Å². The van der Waals surface area contributed by atoms with Gasteiger partial charge in [-0.2, -0.15) is 0 Å². The van der Waals surface area contributed by atoms with Crippen LogP contribution in [0.1, 0.15) is 33.6 Å². The molecule has 3 unspecified atom stereocenters. The highest BCUT2D eigenvalue weighted by Gasteiger charge is 2.53. The molecule has 0 N–H and O–H groups in total. The van der Waals surface area contributed by atoms with Gasteiger partial charge in [-0.25, -0.2) is 0 Å². The van der Waals surface area contributed by atoms with Gasteiger partial charge in [-0.3, -0.25) is 4.99 Å². The van der Waals surface area contributed by atoms with Crippen molar-refractivity contribution in [3.05, 3.63) is 37.5 Å².